The van der Waals surface area contributed by atoms with Gasteiger partial charge in [0.15, 0.2) is 0 Å². The van der Waals surface area contributed by atoms with E-state index in [1.165, 1.54) is 13.1 Å². The standard InChI is InChI=1S/C9H13N3O2S2/c1-6-4-3-5-11-9(6)12-16(13,14)7(2)8(10)15/h3-5,7H,1-2H3,(H2,10,15)(H,11,12). The number of aromatic nitrogens is 1. The van der Waals surface area contributed by atoms with Crippen LogP contribution < -0.4 is 10.5 Å². The Balaban J connectivity index is 2.98. The van der Waals surface area contributed by atoms with Gasteiger partial charge in [0, 0.05) is 6.20 Å². The van der Waals surface area contributed by atoms with Gasteiger partial charge in [0.25, 0.3) is 0 Å². The van der Waals surface area contributed by atoms with Gasteiger partial charge in [0.2, 0.25) is 10.0 Å². The molecule has 0 amide bonds. The first-order chi connectivity index (χ1) is 7.34. The van der Waals surface area contributed by atoms with E-state index in [2.05, 4.69) is 21.9 Å². The van der Waals surface area contributed by atoms with Crippen LogP contribution >= 0.6 is 12.2 Å². The number of nitrogens with one attached hydrogen (secondary N) is 1. The highest BCUT2D eigenvalue weighted by molar-refractivity contribution is 7.95. The number of nitrogens with two attached hydrogens (primary N) is 1. The Labute approximate surface area is 100 Å². The maximum Gasteiger partial charge on any atom is 0.243 e. The predicted molar refractivity (Wildman–Crippen MR) is 67.8 cm³/mol. The highest BCUT2D eigenvalue weighted by atomic mass is 32.2. The Morgan fingerprint density at radius 1 is 1.62 bits per heavy atom. The molecule has 1 aromatic heterocycles. The van der Waals surface area contributed by atoms with E-state index in [0.717, 1.165) is 5.56 Å². The lowest BCUT2D eigenvalue weighted by atomic mass is 10.3. The van der Waals surface area contributed by atoms with Crippen molar-refractivity contribution in [2.45, 2.75) is 19.1 Å². The molecule has 5 nitrogen and oxygen atoms in total. The number of aryl methyl sites for hydroxylation is 1. The first kappa shape index (κ1) is 12.9. The molecule has 0 fully saturated rings. The molecule has 0 bridgehead atoms. The van der Waals surface area contributed by atoms with Crippen molar-refractivity contribution in [3.8, 4) is 0 Å². The molecule has 1 heterocycles. The van der Waals surface area contributed by atoms with E-state index in [9.17, 15) is 8.42 Å². The van der Waals surface area contributed by atoms with Crippen LogP contribution in [0.1, 0.15) is 12.5 Å². The molecule has 0 aliphatic carbocycles. The van der Waals surface area contributed by atoms with E-state index in [0.29, 0.717) is 5.82 Å². The smallest absolute Gasteiger partial charge is 0.243 e. The Kier molecular flexibility index (Phi) is 3.82. The number of anilines is 1. The van der Waals surface area contributed by atoms with Gasteiger partial charge in [-0.15, -0.1) is 0 Å². The summed E-state index contributed by atoms with van der Waals surface area (Å²) in [6, 6.07) is 3.49. The summed E-state index contributed by atoms with van der Waals surface area (Å²) in [4.78, 5) is 3.86. The Bertz CT molecular complexity index is 499. The van der Waals surface area contributed by atoms with Crippen LogP contribution in [0.4, 0.5) is 5.82 Å². The van der Waals surface area contributed by atoms with Gasteiger partial charge in [0.05, 0.1) is 4.99 Å². The van der Waals surface area contributed by atoms with E-state index >= 15 is 0 Å². The van der Waals surface area contributed by atoms with Gasteiger partial charge in [-0.25, -0.2) is 13.4 Å². The average molecular weight is 259 g/mol. The highest BCUT2D eigenvalue weighted by Crippen LogP contribution is 2.13. The van der Waals surface area contributed by atoms with Crippen LogP contribution in [-0.4, -0.2) is 23.6 Å². The van der Waals surface area contributed by atoms with Crippen LogP contribution in [0, 0.1) is 6.92 Å². The third-order valence-corrected chi connectivity index (χ3v) is 4.28. The van der Waals surface area contributed by atoms with Crippen LogP contribution in [-0.2, 0) is 10.0 Å². The molecule has 0 aromatic carbocycles. The third kappa shape index (κ3) is 2.89. The van der Waals surface area contributed by atoms with Gasteiger partial charge in [-0.2, -0.15) is 0 Å². The summed E-state index contributed by atoms with van der Waals surface area (Å²) in [5, 5.41) is -0.927. The topological polar surface area (TPSA) is 85.1 Å². The zero-order valence-electron chi connectivity index (χ0n) is 8.97. The first-order valence-electron chi connectivity index (χ1n) is 4.57. The number of sulfonamides is 1. The molecular weight excluding hydrogens is 246 g/mol. The third-order valence-electron chi connectivity index (χ3n) is 2.11. The molecule has 1 atom stereocenters. The number of rotatable bonds is 4. The average Bonchev–Trinajstić information content (AvgIpc) is 2.20. The minimum absolute atomic E-state index is 0.0684. The van der Waals surface area contributed by atoms with Crippen molar-refractivity contribution in [1.29, 1.82) is 0 Å². The summed E-state index contributed by atoms with van der Waals surface area (Å²) in [5.74, 6) is 0.297. The van der Waals surface area contributed by atoms with Gasteiger partial charge in [-0.05, 0) is 25.5 Å². The van der Waals surface area contributed by atoms with Crippen LogP contribution in [0.2, 0.25) is 0 Å². The van der Waals surface area contributed by atoms with Crippen molar-refractivity contribution in [1.82, 2.24) is 4.98 Å². The summed E-state index contributed by atoms with van der Waals surface area (Å²) in [5.41, 5.74) is 6.04. The number of pyridine rings is 1. The lowest BCUT2D eigenvalue weighted by Gasteiger charge is -2.13. The molecule has 0 spiro atoms. The molecule has 88 valence electrons. The molecule has 0 radical (unpaired) electrons. The van der Waals surface area contributed by atoms with E-state index in [-0.39, 0.29) is 4.99 Å². The maximum absolute atomic E-state index is 11.8. The zero-order chi connectivity index (χ0) is 12.3. The largest absolute Gasteiger partial charge is 0.392 e. The Morgan fingerprint density at radius 3 is 2.75 bits per heavy atom. The molecule has 1 rings (SSSR count). The summed E-state index contributed by atoms with van der Waals surface area (Å²) >= 11 is 4.65. The lowest BCUT2D eigenvalue weighted by molar-refractivity contribution is 0.598. The first-order valence-corrected chi connectivity index (χ1v) is 6.52. The minimum atomic E-state index is -3.61. The van der Waals surface area contributed by atoms with Gasteiger partial charge >= 0.3 is 0 Å². The Morgan fingerprint density at radius 2 is 2.25 bits per heavy atom. The fourth-order valence-electron chi connectivity index (χ4n) is 0.969. The highest BCUT2D eigenvalue weighted by Gasteiger charge is 2.23. The summed E-state index contributed by atoms with van der Waals surface area (Å²) < 4.78 is 25.9. The van der Waals surface area contributed by atoms with Crippen molar-refractivity contribution in [3.05, 3.63) is 23.9 Å². The predicted octanol–water partition coefficient (Wildman–Crippen LogP) is 0.806. The molecule has 3 N–H and O–H groups in total. The molecule has 0 saturated carbocycles. The number of thiocarbonyl (C=S) groups is 1. The fraction of sp³-hybridized carbons (Fsp3) is 0.333. The molecule has 7 heteroatoms. The van der Waals surface area contributed by atoms with Crippen molar-refractivity contribution in [2.24, 2.45) is 5.73 Å². The molecule has 0 saturated heterocycles. The molecule has 0 aliphatic heterocycles. The van der Waals surface area contributed by atoms with E-state index in [1.54, 1.807) is 19.1 Å². The Hall–Kier alpha value is -1.21. The van der Waals surface area contributed by atoms with Crippen molar-refractivity contribution < 1.29 is 8.42 Å². The SMILES string of the molecule is Cc1cccnc1NS(=O)(=O)C(C)C(N)=S. The van der Waals surface area contributed by atoms with Crippen molar-refractivity contribution in [2.75, 3.05) is 4.72 Å². The molecule has 1 unspecified atom stereocenters. The second kappa shape index (κ2) is 4.75. The number of hydrogen-bond donors (Lipinski definition) is 2. The second-order valence-electron chi connectivity index (χ2n) is 3.36. The van der Waals surface area contributed by atoms with Crippen molar-refractivity contribution in [3.63, 3.8) is 0 Å². The summed E-state index contributed by atoms with van der Waals surface area (Å²) in [6.45, 7) is 3.19. The van der Waals surface area contributed by atoms with Gasteiger partial charge < -0.3 is 5.73 Å². The normalized spacial score (nSPS) is 13.1. The number of nitrogens with zero attached hydrogens (tertiary/aromatic N) is 1. The molecular formula is C9H13N3O2S2. The van der Waals surface area contributed by atoms with Crippen LogP contribution in [0.5, 0.6) is 0 Å². The quantitative estimate of drug-likeness (QED) is 0.781. The molecule has 1 aromatic rings. The molecule has 16 heavy (non-hydrogen) atoms. The number of hydrogen-bond acceptors (Lipinski definition) is 4. The van der Waals surface area contributed by atoms with Crippen molar-refractivity contribution >= 4 is 33.0 Å². The molecule has 0 aliphatic rings. The van der Waals surface area contributed by atoms with E-state index < -0.39 is 15.3 Å². The lowest BCUT2D eigenvalue weighted by Crippen LogP contribution is -2.36. The zero-order valence-corrected chi connectivity index (χ0v) is 10.6. The van der Waals surface area contributed by atoms with Crippen LogP contribution in [0.3, 0.4) is 0 Å². The summed E-state index contributed by atoms with van der Waals surface area (Å²) in [6.07, 6.45) is 1.51. The minimum Gasteiger partial charge on any atom is -0.392 e. The summed E-state index contributed by atoms with van der Waals surface area (Å²) in [7, 11) is -3.61. The fourth-order valence-corrected chi connectivity index (χ4v) is 2.31. The monoisotopic (exact) mass is 259 g/mol. The van der Waals surface area contributed by atoms with Gasteiger partial charge in [0.1, 0.15) is 11.1 Å². The van der Waals surface area contributed by atoms with Gasteiger partial charge in [-0.1, -0.05) is 18.3 Å². The van der Waals surface area contributed by atoms with E-state index in [1.807, 2.05) is 0 Å². The second-order valence-corrected chi connectivity index (χ2v) is 5.83. The van der Waals surface area contributed by atoms with E-state index in [4.69, 9.17) is 5.73 Å². The van der Waals surface area contributed by atoms with Crippen LogP contribution in [0.25, 0.3) is 0 Å². The van der Waals surface area contributed by atoms with Gasteiger partial charge in [-0.3, -0.25) is 4.72 Å². The maximum atomic E-state index is 11.8. The van der Waals surface area contributed by atoms with Crippen LogP contribution in [0.15, 0.2) is 18.3 Å².